The number of para-hydroxylation sites is 1. The first-order chi connectivity index (χ1) is 13.5. The average Bonchev–Trinajstić information content (AvgIpc) is 3.24. The Labute approximate surface area is 168 Å². The van der Waals surface area contributed by atoms with Gasteiger partial charge in [0.15, 0.2) is 0 Å². The number of carbonyl (C=O) groups is 2. The van der Waals surface area contributed by atoms with Gasteiger partial charge in [-0.1, -0.05) is 24.3 Å². The minimum atomic E-state index is -0.153. The van der Waals surface area contributed by atoms with Crippen LogP contribution in [0.1, 0.15) is 25.6 Å². The molecule has 5 nitrogen and oxygen atoms in total. The van der Waals surface area contributed by atoms with E-state index in [0.717, 1.165) is 11.3 Å². The van der Waals surface area contributed by atoms with Crippen LogP contribution in [0.3, 0.4) is 0 Å². The Morgan fingerprint density at radius 3 is 2.46 bits per heavy atom. The minimum Gasteiger partial charge on any atom is -0.491 e. The molecule has 144 valence electrons. The van der Waals surface area contributed by atoms with Crippen LogP contribution < -0.4 is 10.1 Å². The number of anilines is 1. The van der Waals surface area contributed by atoms with E-state index in [1.165, 1.54) is 11.3 Å². The SMILES string of the molecule is Cc1ccccc1OCCN(C)C(=O)c1ccc(NC(=O)c2cccs2)cc1. The molecule has 6 heteroatoms. The van der Waals surface area contributed by atoms with Crippen molar-refractivity contribution in [3.8, 4) is 5.75 Å². The van der Waals surface area contributed by atoms with Crippen LogP contribution in [-0.4, -0.2) is 36.9 Å². The van der Waals surface area contributed by atoms with Crippen LogP contribution in [-0.2, 0) is 0 Å². The Balaban J connectivity index is 1.52. The van der Waals surface area contributed by atoms with Crippen molar-refractivity contribution in [2.75, 3.05) is 25.5 Å². The van der Waals surface area contributed by atoms with E-state index in [0.29, 0.717) is 29.3 Å². The fraction of sp³-hybridized carbons (Fsp3) is 0.182. The van der Waals surface area contributed by atoms with Crippen molar-refractivity contribution in [1.82, 2.24) is 4.90 Å². The Kier molecular flexibility index (Phi) is 6.45. The fourth-order valence-corrected chi connectivity index (χ4v) is 3.25. The molecule has 2 aromatic carbocycles. The fourth-order valence-electron chi connectivity index (χ4n) is 2.63. The maximum Gasteiger partial charge on any atom is 0.265 e. The predicted molar refractivity (Wildman–Crippen MR) is 112 cm³/mol. The largest absolute Gasteiger partial charge is 0.491 e. The molecule has 28 heavy (non-hydrogen) atoms. The first kappa shape index (κ1) is 19.6. The van der Waals surface area contributed by atoms with Gasteiger partial charge < -0.3 is 15.0 Å². The van der Waals surface area contributed by atoms with Crippen LogP contribution in [0.4, 0.5) is 5.69 Å². The summed E-state index contributed by atoms with van der Waals surface area (Å²) in [5, 5.41) is 4.68. The molecule has 0 aliphatic heterocycles. The van der Waals surface area contributed by atoms with Crippen molar-refractivity contribution in [3.05, 3.63) is 82.0 Å². The van der Waals surface area contributed by atoms with Gasteiger partial charge in [0.05, 0.1) is 11.4 Å². The zero-order valence-electron chi connectivity index (χ0n) is 15.8. The van der Waals surface area contributed by atoms with E-state index in [9.17, 15) is 9.59 Å². The summed E-state index contributed by atoms with van der Waals surface area (Å²) in [6, 6.07) is 18.3. The number of ether oxygens (including phenoxy) is 1. The molecule has 3 aromatic rings. The number of carbonyl (C=O) groups excluding carboxylic acids is 2. The maximum absolute atomic E-state index is 12.6. The second kappa shape index (κ2) is 9.19. The van der Waals surface area contributed by atoms with Crippen molar-refractivity contribution >= 4 is 28.8 Å². The van der Waals surface area contributed by atoms with E-state index in [1.807, 2.05) is 42.6 Å². The molecule has 0 radical (unpaired) electrons. The molecule has 0 aliphatic rings. The second-order valence-corrected chi connectivity index (χ2v) is 7.30. The number of rotatable bonds is 7. The van der Waals surface area contributed by atoms with Gasteiger partial charge in [-0.25, -0.2) is 0 Å². The molecule has 0 bridgehead atoms. The van der Waals surface area contributed by atoms with Crippen molar-refractivity contribution in [1.29, 1.82) is 0 Å². The molecule has 3 rings (SSSR count). The highest BCUT2D eigenvalue weighted by atomic mass is 32.1. The number of thiophene rings is 1. The molecule has 0 saturated heterocycles. The summed E-state index contributed by atoms with van der Waals surface area (Å²) >= 11 is 1.38. The number of likely N-dealkylation sites (N-methyl/N-ethyl adjacent to an activating group) is 1. The smallest absolute Gasteiger partial charge is 0.265 e. The van der Waals surface area contributed by atoms with Gasteiger partial charge in [-0.05, 0) is 54.3 Å². The van der Waals surface area contributed by atoms with Gasteiger partial charge in [-0.3, -0.25) is 9.59 Å². The summed E-state index contributed by atoms with van der Waals surface area (Å²) in [5.74, 6) is 0.582. The number of amides is 2. The molecule has 0 saturated carbocycles. The van der Waals surface area contributed by atoms with E-state index in [1.54, 1.807) is 42.3 Å². The van der Waals surface area contributed by atoms with Gasteiger partial charge >= 0.3 is 0 Å². The van der Waals surface area contributed by atoms with Crippen molar-refractivity contribution in [2.24, 2.45) is 0 Å². The van der Waals surface area contributed by atoms with Crippen molar-refractivity contribution < 1.29 is 14.3 Å². The quantitative estimate of drug-likeness (QED) is 0.644. The summed E-state index contributed by atoms with van der Waals surface area (Å²) in [4.78, 5) is 26.9. The highest BCUT2D eigenvalue weighted by Gasteiger charge is 2.13. The van der Waals surface area contributed by atoms with Crippen LogP contribution in [0.25, 0.3) is 0 Å². The van der Waals surface area contributed by atoms with E-state index in [-0.39, 0.29) is 11.8 Å². The summed E-state index contributed by atoms with van der Waals surface area (Å²) in [5.41, 5.74) is 2.28. The van der Waals surface area contributed by atoms with Crippen LogP contribution in [0.5, 0.6) is 5.75 Å². The molecule has 1 N–H and O–H groups in total. The zero-order valence-corrected chi connectivity index (χ0v) is 16.7. The lowest BCUT2D eigenvalue weighted by molar-refractivity contribution is 0.0773. The Bertz CT molecular complexity index is 937. The highest BCUT2D eigenvalue weighted by molar-refractivity contribution is 7.12. The van der Waals surface area contributed by atoms with Crippen LogP contribution in [0, 0.1) is 6.92 Å². The van der Waals surface area contributed by atoms with Gasteiger partial charge in [-0.2, -0.15) is 0 Å². The summed E-state index contributed by atoms with van der Waals surface area (Å²) in [6.45, 7) is 2.88. The third kappa shape index (κ3) is 4.98. The van der Waals surface area contributed by atoms with E-state index >= 15 is 0 Å². The van der Waals surface area contributed by atoms with E-state index < -0.39 is 0 Å². The first-order valence-corrected chi connectivity index (χ1v) is 9.81. The highest BCUT2D eigenvalue weighted by Crippen LogP contribution is 2.17. The Morgan fingerprint density at radius 2 is 1.79 bits per heavy atom. The van der Waals surface area contributed by atoms with Gasteiger partial charge in [0.1, 0.15) is 12.4 Å². The van der Waals surface area contributed by atoms with Crippen molar-refractivity contribution in [2.45, 2.75) is 6.92 Å². The second-order valence-electron chi connectivity index (χ2n) is 6.35. The van der Waals surface area contributed by atoms with Gasteiger partial charge in [0.2, 0.25) is 0 Å². The normalized spacial score (nSPS) is 10.4. The number of benzene rings is 2. The van der Waals surface area contributed by atoms with Gasteiger partial charge in [0, 0.05) is 18.3 Å². The molecule has 1 aromatic heterocycles. The monoisotopic (exact) mass is 394 g/mol. The van der Waals surface area contributed by atoms with Crippen LogP contribution in [0.2, 0.25) is 0 Å². The summed E-state index contributed by atoms with van der Waals surface area (Å²) in [6.07, 6.45) is 0. The van der Waals surface area contributed by atoms with E-state index in [4.69, 9.17) is 4.74 Å². The zero-order chi connectivity index (χ0) is 19.9. The molecule has 0 fully saturated rings. The average molecular weight is 394 g/mol. The maximum atomic E-state index is 12.6. The number of hydrogen-bond donors (Lipinski definition) is 1. The molecular formula is C22H22N2O3S. The lowest BCUT2D eigenvalue weighted by Crippen LogP contribution is -2.30. The number of aryl methyl sites for hydroxylation is 1. The lowest BCUT2D eigenvalue weighted by Gasteiger charge is -2.18. The number of hydrogen-bond acceptors (Lipinski definition) is 4. The molecule has 0 aliphatic carbocycles. The molecule has 2 amide bonds. The minimum absolute atomic E-state index is 0.0930. The number of nitrogens with one attached hydrogen (secondary N) is 1. The predicted octanol–water partition coefficient (Wildman–Crippen LogP) is 4.46. The number of nitrogens with zero attached hydrogens (tertiary/aromatic N) is 1. The molecular weight excluding hydrogens is 372 g/mol. The first-order valence-electron chi connectivity index (χ1n) is 8.93. The van der Waals surface area contributed by atoms with Gasteiger partial charge in [-0.15, -0.1) is 11.3 Å². The summed E-state index contributed by atoms with van der Waals surface area (Å²) < 4.78 is 5.75. The third-order valence-corrected chi connectivity index (χ3v) is 5.13. The third-order valence-electron chi connectivity index (χ3n) is 4.26. The molecule has 0 spiro atoms. The van der Waals surface area contributed by atoms with Crippen LogP contribution in [0.15, 0.2) is 66.0 Å². The molecule has 0 unspecified atom stereocenters. The summed E-state index contributed by atoms with van der Waals surface area (Å²) in [7, 11) is 1.75. The van der Waals surface area contributed by atoms with Crippen molar-refractivity contribution in [3.63, 3.8) is 0 Å². The van der Waals surface area contributed by atoms with Crippen LogP contribution >= 0.6 is 11.3 Å². The lowest BCUT2D eigenvalue weighted by atomic mass is 10.2. The standard InChI is InChI=1S/C22H22N2O3S/c1-16-6-3-4-7-19(16)27-14-13-24(2)22(26)17-9-11-18(12-10-17)23-21(25)20-8-5-15-28-20/h3-12,15H,13-14H2,1-2H3,(H,23,25). The molecule has 0 atom stereocenters. The van der Waals surface area contributed by atoms with Gasteiger partial charge in [0.25, 0.3) is 11.8 Å². The molecule has 1 heterocycles. The van der Waals surface area contributed by atoms with E-state index in [2.05, 4.69) is 5.32 Å². The Hall–Kier alpha value is -3.12. The topological polar surface area (TPSA) is 58.6 Å². The Morgan fingerprint density at radius 1 is 1.04 bits per heavy atom.